The van der Waals surface area contributed by atoms with Gasteiger partial charge in [-0.1, -0.05) is 30.3 Å². The van der Waals surface area contributed by atoms with Crippen molar-refractivity contribution in [3.63, 3.8) is 0 Å². The van der Waals surface area contributed by atoms with Gasteiger partial charge in [0, 0.05) is 5.69 Å². The van der Waals surface area contributed by atoms with Crippen LogP contribution in [0.15, 0.2) is 54.6 Å². The van der Waals surface area contributed by atoms with Crippen molar-refractivity contribution in [3.8, 4) is 0 Å². The van der Waals surface area contributed by atoms with Crippen LogP contribution < -0.4 is 5.73 Å². The SMILES string of the molecule is Nc1ccc(C(=O)OCC(c2ccccc2)N2CCCC2)cc1. The molecule has 23 heavy (non-hydrogen) atoms. The van der Waals surface area contributed by atoms with Crippen LogP contribution in [0.3, 0.4) is 0 Å². The Labute approximate surface area is 136 Å². The van der Waals surface area contributed by atoms with Crippen molar-refractivity contribution in [2.75, 3.05) is 25.4 Å². The molecule has 4 nitrogen and oxygen atoms in total. The van der Waals surface area contributed by atoms with Crippen LogP contribution in [0, 0.1) is 0 Å². The van der Waals surface area contributed by atoms with Crippen LogP contribution in [0.2, 0.25) is 0 Å². The van der Waals surface area contributed by atoms with Crippen LogP contribution in [0.5, 0.6) is 0 Å². The van der Waals surface area contributed by atoms with Crippen molar-refractivity contribution in [3.05, 3.63) is 65.7 Å². The van der Waals surface area contributed by atoms with Crippen LogP contribution >= 0.6 is 0 Å². The van der Waals surface area contributed by atoms with Gasteiger partial charge in [0.05, 0.1) is 11.6 Å². The fraction of sp³-hybridized carbons (Fsp3) is 0.316. The lowest BCUT2D eigenvalue weighted by atomic mass is 10.1. The fourth-order valence-corrected chi connectivity index (χ4v) is 3.00. The molecule has 1 saturated heterocycles. The van der Waals surface area contributed by atoms with E-state index in [1.54, 1.807) is 24.3 Å². The lowest BCUT2D eigenvalue weighted by Gasteiger charge is -2.27. The number of anilines is 1. The number of nitrogen functional groups attached to an aromatic ring is 1. The number of hydrogen-bond acceptors (Lipinski definition) is 4. The molecule has 2 N–H and O–H groups in total. The molecule has 1 aliphatic heterocycles. The fourth-order valence-electron chi connectivity index (χ4n) is 3.00. The Hall–Kier alpha value is -2.33. The molecule has 4 heteroatoms. The number of carbonyl (C=O) groups is 1. The van der Waals surface area contributed by atoms with Crippen LogP contribution in [0.4, 0.5) is 5.69 Å². The number of rotatable bonds is 5. The number of nitrogens with zero attached hydrogens (tertiary/aromatic N) is 1. The van der Waals surface area contributed by atoms with Gasteiger partial charge in [-0.15, -0.1) is 0 Å². The van der Waals surface area contributed by atoms with Gasteiger partial charge in [0.25, 0.3) is 0 Å². The highest BCUT2D eigenvalue weighted by Crippen LogP contribution is 2.25. The van der Waals surface area contributed by atoms with Crippen LogP contribution in [-0.2, 0) is 4.74 Å². The molecule has 3 rings (SSSR count). The Bertz CT molecular complexity index is 634. The highest BCUT2D eigenvalue weighted by atomic mass is 16.5. The number of nitrogens with two attached hydrogens (primary N) is 1. The van der Waals surface area contributed by atoms with Gasteiger partial charge in [-0.3, -0.25) is 4.90 Å². The largest absolute Gasteiger partial charge is 0.460 e. The minimum absolute atomic E-state index is 0.122. The Morgan fingerprint density at radius 1 is 1.04 bits per heavy atom. The van der Waals surface area contributed by atoms with Gasteiger partial charge < -0.3 is 10.5 Å². The first-order valence-electron chi connectivity index (χ1n) is 8.06. The monoisotopic (exact) mass is 310 g/mol. The van der Waals surface area contributed by atoms with E-state index in [1.165, 1.54) is 18.4 Å². The first kappa shape index (κ1) is 15.6. The van der Waals surface area contributed by atoms with Gasteiger partial charge in [-0.05, 0) is 55.8 Å². The molecular weight excluding hydrogens is 288 g/mol. The van der Waals surface area contributed by atoms with E-state index < -0.39 is 0 Å². The number of hydrogen-bond donors (Lipinski definition) is 1. The number of benzene rings is 2. The summed E-state index contributed by atoms with van der Waals surface area (Å²) in [6, 6.07) is 17.2. The number of likely N-dealkylation sites (tertiary alicyclic amines) is 1. The lowest BCUT2D eigenvalue weighted by molar-refractivity contribution is 0.0374. The molecule has 2 aromatic rings. The summed E-state index contributed by atoms with van der Waals surface area (Å²) in [6.07, 6.45) is 2.41. The molecule has 0 amide bonds. The Morgan fingerprint density at radius 2 is 1.70 bits per heavy atom. The molecule has 0 aliphatic carbocycles. The Morgan fingerprint density at radius 3 is 2.35 bits per heavy atom. The van der Waals surface area contributed by atoms with Crippen LogP contribution in [0.1, 0.15) is 34.8 Å². The van der Waals surface area contributed by atoms with Crippen molar-refractivity contribution in [1.29, 1.82) is 0 Å². The normalized spacial score (nSPS) is 16.2. The van der Waals surface area contributed by atoms with Crippen molar-refractivity contribution < 1.29 is 9.53 Å². The quantitative estimate of drug-likeness (QED) is 0.680. The molecule has 0 aromatic heterocycles. The van der Waals surface area contributed by atoms with Crippen molar-refractivity contribution in [2.45, 2.75) is 18.9 Å². The number of carbonyl (C=O) groups excluding carboxylic acids is 1. The van der Waals surface area contributed by atoms with E-state index in [-0.39, 0.29) is 12.0 Å². The summed E-state index contributed by atoms with van der Waals surface area (Å²) in [5.41, 5.74) is 8.02. The lowest BCUT2D eigenvalue weighted by Crippen LogP contribution is -2.30. The van der Waals surface area contributed by atoms with Crippen molar-refractivity contribution >= 4 is 11.7 Å². The highest BCUT2D eigenvalue weighted by Gasteiger charge is 2.24. The van der Waals surface area contributed by atoms with E-state index in [2.05, 4.69) is 17.0 Å². The second-order valence-corrected chi connectivity index (χ2v) is 5.89. The summed E-state index contributed by atoms with van der Waals surface area (Å²) in [4.78, 5) is 14.6. The third-order valence-electron chi connectivity index (χ3n) is 4.28. The third kappa shape index (κ3) is 3.90. The van der Waals surface area contributed by atoms with Gasteiger partial charge in [0.2, 0.25) is 0 Å². The van der Waals surface area contributed by atoms with E-state index >= 15 is 0 Å². The molecule has 1 unspecified atom stereocenters. The zero-order valence-electron chi connectivity index (χ0n) is 13.2. The summed E-state index contributed by atoms with van der Waals surface area (Å²) >= 11 is 0. The second kappa shape index (κ2) is 7.29. The highest BCUT2D eigenvalue weighted by molar-refractivity contribution is 5.89. The van der Waals surface area contributed by atoms with Crippen molar-refractivity contribution in [1.82, 2.24) is 4.90 Å². The third-order valence-corrected chi connectivity index (χ3v) is 4.28. The molecular formula is C19H22N2O2. The first-order chi connectivity index (χ1) is 11.2. The van der Waals surface area contributed by atoms with E-state index in [0.717, 1.165) is 13.1 Å². The summed E-state index contributed by atoms with van der Waals surface area (Å²) < 4.78 is 5.58. The molecule has 1 fully saturated rings. The van der Waals surface area contributed by atoms with Crippen LogP contribution in [0.25, 0.3) is 0 Å². The second-order valence-electron chi connectivity index (χ2n) is 5.89. The van der Waals surface area contributed by atoms with E-state index in [1.807, 2.05) is 18.2 Å². The van der Waals surface area contributed by atoms with Crippen molar-refractivity contribution in [2.24, 2.45) is 0 Å². The average molecular weight is 310 g/mol. The Kier molecular flexibility index (Phi) is 4.93. The molecule has 1 aliphatic rings. The predicted octanol–water partition coefficient (Wildman–Crippen LogP) is 3.26. The topological polar surface area (TPSA) is 55.6 Å². The number of esters is 1. The standard InChI is InChI=1S/C19H22N2O2/c20-17-10-8-16(9-11-17)19(22)23-14-18(21-12-4-5-13-21)15-6-2-1-3-7-15/h1-3,6-11,18H,4-5,12-14,20H2. The van der Waals surface area contributed by atoms with E-state index in [4.69, 9.17) is 10.5 Å². The summed E-state index contributed by atoms with van der Waals surface area (Å²) in [5.74, 6) is -0.301. The first-order valence-corrected chi connectivity index (χ1v) is 8.06. The van der Waals surface area contributed by atoms with Gasteiger partial charge in [0.1, 0.15) is 6.61 Å². The van der Waals surface area contributed by atoms with E-state index in [9.17, 15) is 4.79 Å². The minimum atomic E-state index is -0.301. The minimum Gasteiger partial charge on any atom is -0.460 e. The molecule has 120 valence electrons. The summed E-state index contributed by atoms with van der Waals surface area (Å²) in [6.45, 7) is 2.48. The van der Waals surface area contributed by atoms with Gasteiger partial charge >= 0.3 is 5.97 Å². The molecule has 0 spiro atoms. The molecule has 0 bridgehead atoms. The zero-order valence-corrected chi connectivity index (χ0v) is 13.2. The molecule has 2 aromatic carbocycles. The zero-order chi connectivity index (χ0) is 16.1. The predicted molar refractivity (Wildman–Crippen MR) is 91.1 cm³/mol. The van der Waals surface area contributed by atoms with E-state index in [0.29, 0.717) is 17.9 Å². The Balaban J connectivity index is 1.69. The molecule has 0 radical (unpaired) electrons. The average Bonchev–Trinajstić information content (AvgIpc) is 3.11. The maximum absolute atomic E-state index is 12.2. The molecule has 1 atom stereocenters. The van der Waals surface area contributed by atoms with Crippen LogP contribution in [-0.4, -0.2) is 30.6 Å². The summed E-state index contributed by atoms with van der Waals surface area (Å²) in [7, 11) is 0. The van der Waals surface area contributed by atoms with Gasteiger partial charge in [0.15, 0.2) is 0 Å². The molecule has 1 heterocycles. The van der Waals surface area contributed by atoms with Gasteiger partial charge in [-0.25, -0.2) is 4.79 Å². The molecule has 0 saturated carbocycles. The maximum atomic E-state index is 12.2. The summed E-state index contributed by atoms with van der Waals surface area (Å²) in [5, 5.41) is 0. The number of ether oxygens (including phenoxy) is 1. The van der Waals surface area contributed by atoms with Gasteiger partial charge in [-0.2, -0.15) is 0 Å². The maximum Gasteiger partial charge on any atom is 0.338 e. The smallest absolute Gasteiger partial charge is 0.338 e.